The van der Waals surface area contributed by atoms with Gasteiger partial charge < -0.3 is 10.5 Å². The van der Waals surface area contributed by atoms with E-state index in [2.05, 4.69) is 14.9 Å². The first-order chi connectivity index (χ1) is 8.82. The Morgan fingerprint density at radius 1 is 1.53 bits per heavy atom. The van der Waals surface area contributed by atoms with Crippen LogP contribution in [0.5, 0.6) is 0 Å². The van der Waals surface area contributed by atoms with Gasteiger partial charge in [0.2, 0.25) is 0 Å². The second-order valence-electron chi connectivity index (χ2n) is 5.16. The van der Waals surface area contributed by atoms with Crippen molar-refractivity contribution in [1.82, 2.24) is 14.9 Å². The van der Waals surface area contributed by atoms with Gasteiger partial charge in [0.1, 0.15) is 0 Å². The molecule has 1 rings (SSSR count). The number of rotatable bonds is 8. The van der Waals surface area contributed by atoms with Crippen LogP contribution in [0, 0.1) is 5.41 Å². The molecule has 0 unspecified atom stereocenters. The van der Waals surface area contributed by atoms with Crippen LogP contribution in [0.2, 0.25) is 0 Å². The van der Waals surface area contributed by atoms with Crippen LogP contribution < -0.4 is 10.5 Å². The van der Waals surface area contributed by atoms with Crippen molar-refractivity contribution in [1.29, 1.82) is 0 Å². The number of ether oxygens (including phenoxy) is 1. The summed E-state index contributed by atoms with van der Waals surface area (Å²) in [7, 11) is -1.98. The van der Waals surface area contributed by atoms with E-state index >= 15 is 0 Å². The molecule has 19 heavy (non-hydrogen) atoms. The van der Waals surface area contributed by atoms with Crippen LogP contribution in [0.4, 0.5) is 0 Å². The first-order valence-electron chi connectivity index (χ1n) is 6.03. The van der Waals surface area contributed by atoms with Crippen molar-refractivity contribution in [3.05, 3.63) is 11.8 Å². The summed E-state index contributed by atoms with van der Waals surface area (Å²) in [6, 6.07) is 0. The van der Waals surface area contributed by atoms with Gasteiger partial charge in [-0.15, -0.1) is 0 Å². The monoisotopic (exact) mass is 290 g/mol. The maximum atomic E-state index is 12.1. The molecular formula is C11H22N4O3S. The summed E-state index contributed by atoms with van der Waals surface area (Å²) >= 11 is 0. The van der Waals surface area contributed by atoms with Crippen LogP contribution in [-0.4, -0.2) is 38.9 Å². The topological polar surface area (TPSA) is 110 Å². The smallest absolute Gasteiger partial charge is 0.257 e. The molecule has 1 aromatic rings. The van der Waals surface area contributed by atoms with Crippen molar-refractivity contribution in [2.75, 3.05) is 20.3 Å². The number of aromatic nitrogens is 2. The van der Waals surface area contributed by atoms with Gasteiger partial charge in [0.25, 0.3) is 10.0 Å². The van der Waals surface area contributed by atoms with E-state index < -0.39 is 10.0 Å². The molecule has 1 aromatic heterocycles. The fourth-order valence-corrected chi connectivity index (χ4v) is 2.89. The summed E-state index contributed by atoms with van der Waals surface area (Å²) in [6.07, 6.45) is 2.18. The van der Waals surface area contributed by atoms with Gasteiger partial charge in [-0.3, -0.25) is 5.10 Å². The zero-order chi connectivity index (χ0) is 14.5. The van der Waals surface area contributed by atoms with Crippen molar-refractivity contribution in [2.24, 2.45) is 11.1 Å². The first kappa shape index (κ1) is 16.1. The molecule has 0 aliphatic rings. The number of aromatic amines is 1. The van der Waals surface area contributed by atoms with Gasteiger partial charge in [0, 0.05) is 32.4 Å². The predicted molar refractivity (Wildman–Crippen MR) is 71.9 cm³/mol. The standard InChI is InChI=1S/C11H22N4O3S/c1-11(2,4-5-18-3)8-14-19(16,17)10-9(6-12)7-13-15-10/h7,14H,4-6,8,12H2,1-3H3,(H,13,15). The lowest BCUT2D eigenvalue weighted by molar-refractivity contribution is 0.153. The summed E-state index contributed by atoms with van der Waals surface area (Å²) < 4.78 is 31.8. The molecule has 0 bridgehead atoms. The van der Waals surface area contributed by atoms with Gasteiger partial charge in [0.15, 0.2) is 5.03 Å². The average Bonchev–Trinajstić information content (AvgIpc) is 2.83. The van der Waals surface area contributed by atoms with E-state index in [4.69, 9.17) is 10.5 Å². The van der Waals surface area contributed by atoms with Crippen molar-refractivity contribution >= 4 is 10.0 Å². The molecule has 0 spiro atoms. The molecule has 0 aromatic carbocycles. The van der Waals surface area contributed by atoms with Gasteiger partial charge in [-0.05, 0) is 11.8 Å². The number of methoxy groups -OCH3 is 1. The van der Waals surface area contributed by atoms with E-state index in [-0.39, 0.29) is 17.0 Å². The second-order valence-corrected chi connectivity index (χ2v) is 6.86. The quantitative estimate of drug-likeness (QED) is 0.634. The highest BCUT2D eigenvalue weighted by molar-refractivity contribution is 7.89. The third kappa shape index (κ3) is 4.57. The van der Waals surface area contributed by atoms with E-state index in [1.54, 1.807) is 7.11 Å². The summed E-state index contributed by atoms with van der Waals surface area (Å²) in [5.41, 5.74) is 5.76. The highest BCUT2D eigenvalue weighted by Gasteiger charge is 2.24. The van der Waals surface area contributed by atoms with E-state index in [1.165, 1.54) is 6.20 Å². The number of hydrogen-bond donors (Lipinski definition) is 3. The largest absolute Gasteiger partial charge is 0.385 e. The Kier molecular flexibility index (Phi) is 5.48. The molecule has 110 valence electrons. The Hall–Kier alpha value is -0.960. The lowest BCUT2D eigenvalue weighted by atomic mass is 9.90. The summed E-state index contributed by atoms with van der Waals surface area (Å²) in [5.74, 6) is 0. The van der Waals surface area contributed by atoms with Gasteiger partial charge >= 0.3 is 0 Å². The number of nitrogens with two attached hydrogens (primary N) is 1. The van der Waals surface area contributed by atoms with Crippen LogP contribution in [0.15, 0.2) is 11.2 Å². The highest BCUT2D eigenvalue weighted by Crippen LogP contribution is 2.20. The summed E-state index contributed by atoms with van der Waals surface area (Å²) in [4.78, 5) is 0. The maximum absolute atomic E-state index is 12.1. The highest BCUT2D eigenvalue weighted by atomic mass is 32.2. The average molecular weight is 290 g/mol. The SMILES string of the molecule is COCCC(C)(C)CNS(=O)(=O)c1[nH]ncc1CN. The number of nitrogens with zero attached hydrogens (tertiary/aromatic N) is 1. The fraction of sp³-hybridized carbons (Fsp3) is 0.727. The summed E-state index contributed by atoms with van der Waals surface area (Å²) in [6.45, 7) is 4.99. The predicted octanol–water partition coefficient (Wildman–Crippen LogP) is 0.209. The van der Waals surface area contributed by atoms with Crippen LogP contribution in [0.1, 0.15) is 25.8 Å². The number of hydrogen-bond acceptors (Lipinski definition) is 5. The Balaban J connectivity index is 2.71. The van der Waals surface area contributed by atoms with E-state index in [0.29, 0.717) is 18.7 Å². The lowest BCUT2D eigenvalue weighted by Gasteiger charge is -2.24. The molecule has 0 atom stereocenters. The third-order valence-electron chi connectivity index (χ3n) is 2.89. The van der Waals surface area contributed by atoms with Gasteiger partial charge in [0.05, 0.1) is 6.20 Å². The third-order valence-corrected chi connectivity index (χ3v) is 4.31. The Morgan fingerprint density at radius 2 is 2.21 bits per heavy atom. The summed E-state index contributed by atoms with van der Waals surface area (Å²) in [5, 5.41) is 6.22. The molecule has 0 fully saturated rings. The van der Waals surface area contributed by atoms with E-state index in [9.17, 15) is 8.42 Å². The molecule has 0 aliphatic carbocycles. The number of H-pyrrole nitrogens is 1. The zero-order valence-electron chi connectivity index (χ0n) is 11.6. The molecule has 1 heterocycles. The Bertz CT molecular complexity index is 496. The molecule has 0 saturated heterocycles. The van der Waals surface area contributed by atoms with Crippen molar-refractivity contribution in [3.8, 4) is 0 Å². The lowest BCUT2D eigenvalue weighted by Crippen LogP contribution is -2.35. The molecule has 0 amide bonds. The minimum Gasteiger partial charge on any atom is -0.385 e. The molecule has 7 nitrogen and oxygen atoms in total. The maximum Gasteiger partial charge on any atom is 0.257 e. The first-order valence-corrected chi connectivity index (χ1v) is 7.51. The minimum absolute atomic E-state index is 0.0394. The van der Waals surface area contributed by atoms with Crippen molar-refractivity contribution in [3.63, 3.8) is 0 Å². The molecule has 0 aliphatic heterocycles. The van der Waals surface area contributed by atoms with Crippen LogP contribution >= 0.6 is 0 Å². The molecule has 4 N–H and O–H groups in total. The van der Waals surface area contributed by atoms with Crippen molar-refractivity contribution < 1.29 is 13.2 Å². The van der Waals surface area contributed by atoms with Gasteiger partial charge in [-0.25, -0.2) is 13.1 Å². The number of sulfonamides is 1. The van der Waals surface area contributed by atoms with Gasteiger partial charge in [-0.1, -0.05) is 13.8 Å². The van der Waals surface area contributed by atoms with E-state index in [1.807, 2.05) is 13.8 Å². The number of nitrogens with one attached hydrogen (secondary N) is 2. The van der Waals surface area contributed by atoms with Gasteiger partial charge in [-0.2, -0.15) is 5.10 Å². The normalized spacial score (nSPS) is 12.8. The van der Waals surface area contributed by atoms with Crippen LogP contribution in [0.3, 0.4) is 0 Å². The molecule has 8 heteroatoms. The zero-order valence-corrected chi connectivity index (χ0v) is 12.4. The Morgan fingerprint density at radius 3 is 2.79 bits per heavy atom. The fourth-order valence-electron chi connectivity index (χ4n) is 1.51. The molecule has 0 radical (unpaired) electrons. The van der Waals surface area contributed by atoms with Crippen molar-refractivity contribution in [2.45, 2.75) is 31.8 Å². The Labute approximate surface area is 114 Å². The second kappa shape index (κ2) is 6.47. The van der Waals surface area contributed by atoms with Crippen LogP contribution in [-0.2, 0) is 21.3 Å². The molecular weight excluding hydrogens is 268 g/mol. The van der Waals surface area contributed by atoms with Crippen LogP contribution in [0.25, 0.3) is 0 Å². The molecule has 0 saturated carbocycles. The van der Waals surface area contributed by atoms with E-state index in [0.717, 1.165) is 6.42 Å². The minimum atomic E-state index is -3.61.